The number of methoxy groups -OCH3 is 1. The number of halogens is 1. The van der Waals surface area contributed by atoms with Gasteiger partial charge in [-0.1, -0.05) is 30.3 Å². The highest BCUT2D eigenvalue weighted by Crippen LogP contribution is 2.25. The molecule has 0 aliphatic carbocycles. The molecule has 2 aromatic carbocycles. The Balaban J connectivity index is 1.37. The maximum atomic E-state index is 13.6. The van der Waals surface area contributed by atoms with Gasteiger partial charge in [-0.25, -0.2) is 9.37 Å². The number of benzene rings is 2. The number of rotatable bonds is 7. The fraction of sp³-hybridized carbons (Fsp3) is 0.308. The first-order valence-corrected chi connectivity index (χ1v) is 11.0. The van der Waals surface area contributed by atoms with Crippen molar-refractivity contribution in [2.24, 2.45) is 0 Å². The highest BCUT2D eigenvalue weighted by molar-refractivity contribution is 5.78. The molecule has 7 heteroatoms. The lowest BCUT2D eigenvalue weighted by Crippen LogP contribution is -2.46. The van der Waals surface area contributed by atoms with Crippen LogP contribution < -0.4 is 4.74 Å². The second-order valence-corrected chi connectivity index (χ2v) is 8.18. The topological polar surface area (TPSA) is 54.9 Å². The van der Waals surface area contributed by atoms with E-state index in [4.69, 9.17) is 9.47 Å². The molecule has 4 rings (SSSR count). The van der Waals surface area contributed by atoms with Crippen molar-refractivity contribution in [3.05, 3.63) is 83.8 Å². The lowest BCUT2D eigenvalue weighted by atomic mass is 10.1. The minimum atomic E-state index is -0.317. The average molecular weight is 450 g/mol. The number of ether oxygens (including phenoxy) is 2. The van der Waals surface area contributed by atoms with Crippen molar-refractivity contribution >= 4 is 5.91 Å². The summed E-state index contributed by atoms with van der Waals surface area (Å²) >= 11 is 0. The molecule has 0 N–H and O–H groups in total. The molecule has 1 aliphatic heterocycles. The molecule has 3 aromatic rings. The van der Waals surface area contributed by atoms with Crippen LogP contribution in [-0.4, -0.2) is 61.1 Å². The van der Waals surface area contributed by atoms with Crippen molar-refractivity contribution in [1.29, 1.82) is 0 Å². The monoisotopic (exact) mass is 449 g/mol. The summed E-state index contributed by atoms with van der Waals surface area (Å²) in [4.78, 5) is 21.5. The van der Waals surface area contributed by atoms with Gasteiger partial charge in [0, 0.05) is 18.7 Å². The van der Waals surface area contributed by atoms with Gasteiger partial charge in [0.1, 0.15) is 17.7 Å². The van der Waals surface area contributed by atoms with Crippen LogP contribution in [0.4, 0.5) is 4.39 Å². The van der Waals surface area contributed by atoms with Gasteiger partial charge in [0.2, 0.25) is 5.91 Å². The predicted octanol–water partition coefficient (Wildman–Crippen LogP) is 3.93. The van der Waals surface area contributed by atoms with E-state index in [1.54, 1.807) is 13.2 Å². The van der Waals surface area contributed by atoms with E-state index >= 15 is 0 Å². The Morgan fingerprint density at radius 2 is 1.97 bits per heavy atom. The van der Waals surface area contributed by atoms with Crippen molar-refractivity contribution in [1.82, 2.24) is 14.8 Å². The molecule has 6 nitrogen and oxygen atoms in total. The number of carbonyl (C=O) groups is 1. The largest absolute Gasteiger partial charge is 0.497 e. The van der Waals surface area contributed by atoms with Gasteiger partial charge in [0.15, 0.2) is 0 Å². The molecule has 1 atom stereocenters. The van der Waals surface area contributed by atoms with Crippen molar-refractivity contribution in [3.8, 4) is 17.0 Å². The van der Waals surface area contributed by atoms with Gasteiger partial charge < -0.3 is 14.4 Å². The van der Waals surface area contributed by atoms with Gasteiger partial charge >= 0.3 is 0 Å². The van der Waals surface area contributed by atoms with E-state index in [1.807, 2.05) is 65.4 Å². The van der Waals surface area contributed by atoms with E-state index in [9.17, 15) is 9.18 Å². The summed E-state index contributed by atoms with van der Waals surface area (Å²) in [7, 11) is 3.58. The van der Waals surface area contributed by atoms with Crippen LogP contribution in [-0.2, 0) is 16.1 Å². The number of likely N-dealkylation sites (N-methyl/N-ethyl adjacent to an activating group) is 1. The standard InChI is InChI=1S/C26H28FN3O3/c1-29(16-19-9-11-22(32-2)12-10-19)18-26(31)30-13-14-33-25(17-30)24-8-4-7-23(28-24)20-5-3-6-21(27)15-20/h3-12,15,25H,13-14,16-18H2,1-2H3. The molecule has 2 heterocycles. The maximum absolute atomic E-state index is 13.6. The van der Waals surface area contributed by atoms with E-state index in [-0.39, 0.29) is 17.8 Å². The van der Waals surface area contributed by atoms with Crippen LogP contribution in [0.25, 0.3) is 11.3 Å². The number of pyridine rings is 1. The Kier molecular flexibility index (Phi) is 7.32. The number of nitrogens with zero attached hydrogens (tertiary/aromatic N) is 3. The second kappa shape index (κ2) is 10.6. The van der Waals surface area contributed by atoms with E-state index in [0.717, 1.165) is 17.0 Å². The summed E-state index contributed by atoms with van der Waals surface area (Å²) in [5, 5.41) is 0. The van der Waals surface area contributed by atoms with Gasteiger partial charge in [-0.2, -0.15) is 0 Å². The Labute approximate surface area is 193 Å². The summed E-state index contributed by atoms with van der Waals surface area (Å²) in [5.41, 5.74) is 3.24. The van der Waals surface area contributed by atoms with E-state index in [1.165, 1.54) is 12.1 Å². The minimum Gasteiger partial charge on any atom is -0.497 e. The molecule has 1 aliphatic rings. The van der Waals surface area contributed by atoms with Crippen LogP contribution in [0.2, 0.25) is 0 Å². The van der Waals surface area contributed by atoms with E-state index in [2.05, 4.69) is 4.98 Å². The lowest BCUT2D eigenvalue weighted by Gasteiger charge is -2.33. The summed E-state index contributed by atoms with van der Waals surface area (Å²) in [5.74, 6) is 0.566. The normalized spacial score (nSPS) is 16.1. The Morgan fingerprint density at radius 3 is 2.73 bits per heavy atom. The summed E-state index contributed by atoms with van der Waals surface area (Å²) in [6, 6.07) is 19.8. The number of hydrogen-bond donors (Lipinski definition) is 0. The molecule has 1 aromatic heterocycles. The Bertz CT molecular complexity index is 1090. The number of carbonyl (C=O) groups excluding carboxylic acids is 1. The van der Waals surface area contributed by atoms with Crippen LogP contribution in [0.1, 0.15) is 17.4 Å². The SMILES string of the molecule is COc1ccc(CN(C)CC(=O)N2CCOC(c3cccc(-c4cccc(F)c4)n3)C2)cc1. The third kappa shape index (κ3) is 5.94. The summed E-state index contributed by atoms with van der Waals surface area (Å²) < 4.78 is 24.7. The van der Waals surface area contributed by atoms with Gasteiger partial charge in [0.05, 0.1) is 38.2 Å². The fourth-order valence-electron chi connectivity index (χ4n) is 3.92. The number of hydrogen-bond acceptors (Lipinski definition) is 5. The molecule has 172 valence electrons. The predicted molar refractivity (Wildman–Crippen MR) is 124 cm³/mol. The molecule has 0 radical (unpaired) electrons. The molecular formula is C26H28FN3O3. The molecule has 0 saturated carbocycles. The average Bonchev–Trinajstić information content (AvgIpc) is 2.84. The molecule has 1 saturated heterocycles. The zero-order valence-electron chi connectivity index (χ0n) is 18.9. The van der Waals surface area contributed by atoms with Crippen molar-refractivity contribution < 1.29 is 18.7 Å². The first kappa shape index (κ1) is 22.9. The molecule has 33 heavy (non-hydrogen) atoms. The zero-order chi connectivity index (χ0) is 23.2. The van der Waals surface area contributed by atoms with E-state index in [0.29, 0.717) is 44.0 Å². The number of amides is 1. The highest BCUT2D eigenvalue weighted by atomic mass is 19.1. The highest BCUT2D eigenvalue weighted by Gasteiger charge is 2.27. The summed E-state index contributed by atoms with van der Waals surface area (Å²) in [6.07, 6.45) is -0.317. The van der Waals surface area contributed by atoms with Crippen molar-refractivity contribution in [2.45, 2.75) is 12.6 Å². The van der Waals surface area contributed by atoms with Crippen molar-refractivity contribution in [3.63, 3.8) is 0 Å². The van der Waals surface area contributed by atoms with Gasteiger partial charge in [-0.15, -0.1) is 0 Å². The third-order valence-electron chi connectivity index (χ3n) is 5.66. The van der Waals surface area contributed by atoms with Crippen molar-refractivity contribution in [2.75, 3.05) is 40.4 Å². The third-order valence-corrected chi connectivity index (χ3v) is 5.66. The molecule has 0 bridgehead atoms. The smallest absolute Gasteiger partial charge is 0.236 e. The molecular weight excluding hydrogens is 421 g/mol. The van der Waals surface area contributed by atoms with Crippen LogP contribution in [0.15, 0.2) is 66.7 Å². The van der Waals surface area contributed by atoms with Crippen LogP contribution >= 0.6 is 0 Å². The van der Waals surface area contributed by atoms with Crippen LogP contribution in [0.3, 0.4) is 0 Å². The minimum absolute atomic E-state index is 0.0561. The number of aromatic nitrogens is 1. The molecule has 1 amide bonds. The number of morpholine rings is 1. The molecule has 0 spiro atoms. The van der Waals surface area contributed by atoms with Crippen LogP contribution in [0, 0.1) is 5.82 Å². The molecule has 1 fully saturated rings. The first-order chi connectivity index (χ1) is 16.0. The van der Waals surface area contributed by atoms with E-state index < -0.39 is 0 Å². The Morgan fingerprint density at radius 1 is 1.18 bits per heavy atom. The quantitative estimate of drug-likeness (QED) is 0.547. The Hall–Kier alpha value is -3.29. The summed E-state index contributed by atoms with van der Waals surface area (Å²) in [6.45, 7) is 2.42. The van der Waals surface area contributed by atoms with Gasteiger partial charge in [-0.3, -0.25) is 9.69 Å². The van der Waals surface area contributed by atoms with Gasteiger partial charge in [-0.05, 0) is 49.0 Å². The lowest BCUT2D eigenvalue weighted by molar-refractivity contribution is -0.140. The molecule has 1 unspecified atom stereocenters. The maximum Gasteiger partial charge on any atom is 0.236 e. The fourth-order valence-corrected chi connectivity index (χ4v) is 3.92. The van der Waals surface area contributed by atoms with Gasteiger partial charge in [0.25, 0.3) is 0 Å². The van der Waals surface area contributed by atoms with Crippen LogP contribution in [0.5, 0.6) is 5.75 Å². The second-order valence-electron chi connectivity index (χ2n) is 8.18. The first-order valence-electron chi connectivity index (χ1n) is 11.0. The zero-order valence-corrected chi connectivity index (χ0v) is 18.9.